The molecule has 0 radical (unpaired) electrons. The number of nitrogens with zero attached hydrogens (tertiary/aromatic N) is 6. The van der Waals surface area contributed by atoms with Gasteiger partial charge < -0.3 is 11.1 Å². The van der Waals surface area contributed by atoms with Crippen molar-refractivity contribution in [3.05, 3.63) is 63.8 Å². The Bertz CT molecular complexity index is 1020. The second kappa shape index (κ2) is 8.64. The number of hydrogen-bond acceptors (Lipinski definition) is 8. The van der Waals surface area contributed by atoms with Crippen LogP contribution in [-0.2, 0) is 6.54 Å². The molecule has 1 fully saturated rings. The van der Waals surface area contributed by atoms with Crippen molar-refractivity contribution < 1.29 is 4.92 Å². The van der Waals surface area contributed by atoms with Crippen LogP contribution in [0, 0.1) is 10.1 Å². The number of hydrogen-bond donors (Lipinski definition) is 2. The number of likely N-dealkylation sites (tertiary alicyclic amines) is 1. The molecule has 0 atom stereocenters. The van der Waals surface area contributed by atoms with Gasteiger partial charge in [-0.25, -0.2) is 14.6 Å². The minimum Gasteiger partial charge on any atom is -0.378 e. The highest BCUT2D eigenvalue weighted by atomic mass is 35.5. The molecule has 0 amide bonds. The van der Waals surface area contributed by atoms with E-state index in [0.29, 0.717) is 0 Å². The molecule has 0 spiro atoms. The summed E-state index contributed by atoms with van der Waals surface area (Å²) in [5.74, 6) is -0.140. The Labute approximate surface area is 177 Å². The van der Waals surface area contributed by atoms with Crippen molar-refractivity contribution in [1.82, 2.24) is 24.6 Å². The fourth-order valence-corrected chi connectivity index (χ4v) is 3.80. The molecule has 0 saturated carbocycles. The van der Waals surface area contributed by atoms with Gasteiger partial charge in [-0.05, 0) is 30.5 Å². The number of halogens is 1. The fourth-order valence-electron chi connectivity index (χ4n) is 3.61. The number of aromatic nitrogens is 4. The molecule has 156 valence electrons. The SMILES string of the molecule is Nc1ncc(Cl)c(NC2CCN(Cc3ccc(-n4cncn4)cc3)CC2)c1[N+](=O)[O-]. The lowest BCUT2D eigenvalue weighted by Crippen LogP contribution is -2.38. The molecule has 1 aromatic carbocycles. The topological polar surface area (TPSA) is 128 Å². The first-order valence-electron chi connectivity index (χ1n) is 9.52. The summed E-state index contributed by atoms with van der Waals surface area (Å²) in [7, 11) is 0. The number of rotatable bonds is 6. The lowest BCUT2D eigenvalue weighted by molar-refractivity contribution is -0.383. The Morgan fingerprint density at radius 1 is 1.27 bits per heavy atom. The van der Waals surface area contributed by atoms with E-state index in [9.17, 15) is 10.1 Å². The molecule has 4 rings (SSSR count). The number of pyridine rings is 1. The van der Waals surface area contributed by atoms with Crippen molar-refractivity contribution in [1.29, 1.82) is 0 Å². The van der Waals surface area contributed by atoms with Gasteiger partial charge in [0.1, 0.15) is 18.3 Å². The molecule has 0 bridgehead atoms. The zero-order valence-electron chi connectivity index (χ0n) is 16.1. The van der Waals surface area contributed by atoms with Crippen molar-refractivity contribution in [2.24, 2.45) is 0 Å². The first kappa shape index (κ1) is 20.0. The van der Waals surface area contributed by atoms with E-state index in [2.05, 4.69) is 37.4 Å². The highest BCUT2D eigenvalue weighted by molar-refractivity contribution is 6.33. The summed E-state index contributed by atoms with van der Waals surface area (Å²) in [6.07, 6.45) is 6.19. The van der Waals surface area contributed by atoms with Gasteiger partial charge in [0.2, 0.25) is 5.82 Å². The first-order chi connectivity index (χ1) is 14.5. The van der Waals surface area contributed by atoms with Crippen LogP contribution >= 0.6 is 11.6 Å². The lowest BCUT2D eigenvalue weighted by atomic mass is 10.0. The molecule has 3 aromatic rings. The van der Waals surface area contributed by atoms with Crippen LogP contribution in [0.25, 0.3) is 5.69 Å². The van der Waals surface area contributed by atoms with Crippen LogP contribution in [0.2, 0.25) is 5.02 Å². The van der Waals surface area contributed by atoms with E-state index >= 15 is 0 Å². The van der Waals surface area contributed by atoms with E-state index < -0.39 is 4.92 Å². The van der Waals surface area contributed by atoms with Crippen LogP contribution in [-0.4, -0.2) is 48.7 Å². The molecular formula is C19H21ClN8O2. The number of nitrogen functional groups attached to an aromatic ring is 1. The zero-order valence-corrected chi connectivity index (χ0v) is 16.9. The summed E-state index contributed by atoms with van der Waals surface area (Å²) >= 11 is 6.14. The molecule has 3 N–H and O–H groups in total. The molecule has 11 heteroatoms. The Morgan fingerprint density at radius 2 is 2.00 bits per heavy atom. The van der Waals surface area contributed by atoms with Gasteiger partial charge in [-0.3, -0.25) is 15.0 Å². The van der Waals surface area contributed by atoms with Gasteiger partial charge >= 0.3 is 5.69 Å². The van der Waals surface area contributed by atoms with Gasteiger partial charge in [0.25, 0.3) is 0 Å². The number of nitrogens with one attached hydrogen (secondary N) is 1. The summed E-state index contributed by atoms with van der Waals surface area (Å²) in [5, 5.41) is 18.9. The largest absolute Gasteiger partial charge is 0.378 e. The predicted molar refractivity (Wildman–Crippen MR) is 114 cm³/mol. The van der Waals surface area contributed by atoms with Crippen LogP contribution in [0.15, 0.2) is 43.1 Å². The highest BCUT2D eigenvalue weighted by Crippen LogP contribution is 2.36. The normalized spacial score (nSPS) is 15.2. The Balaban J connectivity index is 1.35. The van der Waals surface area contributed by atoms with Crippen molar-refractivity contribution in [2.45, 2.75) is 25.4 Å². The van der Waals surface area contributed by atoms with Gasteiger partial charge in [0.15, 0.2) is 0 Å². The average Bonchev–Trinajstić information content (AvgIpc) is 3.27. The average molecular weight is 429 g/mol. The maximum Gasteiger partial charge on any atom is 0.335 e. The summed E-state index contributed by atoms with van der Waals surface area (Å²) < 4.78 is 1.72. The van der Waals surface area contributed by atoms with Crippen LogP contribution in [0.3, 0.4) is 0 Å². The van der Waals surface area contributed by atoms with Crippen molar-refractivity contribution in [3.8, 4) is 5.69 Å². The van der Waals surface area contributed by atoms with E-state index in [1.54, 1.807) is 11.0 Å². The van der Waals surface area contributed by atoms with Crippen LogP contribution in [0.4, 0.5) is 17.2 Å². The van der Waals surface area contributed by atoms with Gasteiger partial charge in [0, 0.05) is 25.7 Å². The minimum atomic E-state index is -0.547. The Hall–Kier alpha value is -3.24. The van der Waals surface area contributed by atoms with Crippen LogP contribution in [0.1, 0.15) is 18.4 Å². The Morgan fingerprint density at radius 3 is 2.63 bits per heavy atom. The van der Waals surface area contributed by atoms with Crippen molar-refractivity contribution in [3.63, 3.8) is 0 Å². The molecule has 3 heterocycles. The third-order valence-corrected chi connectivity index (χ3v) is 5.47. The molecule has 0 aliphatic carbocycles. The standard InChI is InChI=1S/C19H21ClN8O2/c20-16-9-23-19(21)18(28(29)30)17(16)25-14-5-7-26(8-6-14)10-13-1-3-15(4-2-13)27-12-22-11-24-27/h1-4,9,11-12,14H,5-8,10H2,(H3,21,23,25). The van der Waals surface area contributed by atoms with Gasteiger partial charge in [-0.2, -0.15) is 5.10 Å². The summed E-state index contributed by atoms with van der Waals surface area (Å²) in [6, 6.07) is 8.30. The number of anilines is 2. The summed E-state index contributed by atoms with van der Waals surface area (Å²) in [6.45, 7) is 2.58. The summed E-state index contributed by atoms with van der Waals surface area (Å²) in [4.78, 5) is 20.9. The van der Waals surface area contributed by atoms with Crippen LogP contribution in [0.5, 0.6) is 0 Å². The maximum atomic E-state index is 11.4. The number of nitrogens with two attached hydrogens (primary N) is 1. The van der Waals surface area contributed by atoms with Crippen molar-refractivity contribution in [2.75, 3.05) is 24.1 Å². The molecule has 1 saturated heterocycles. The van der Waals surface area contributed by atoms with Crippen molar-refractivity contribution >= 4 is 28.8 Å². The fraction of sp³-hybridized carbons (Fsp3) is 0.316. The van der Waals surface area contributed by atoms with Gasteiger partial charge in [0.05, 0.1) is 21.8 Å². The third kappa shape index (κ3) is 4.34. The third-order valence-electron chi connectivity index (χ3n) is 5.18. The molecular weight excluding hydrogens is 408 g/mol. The molecule has 10 nitrogen and oxygen atoms in total. The molecule has 0 unspecified atom stereocenters. The smallest absolute Gasteiger partial charge is 0.335 e. The van der Waals surface area contributed by atoms with Gasteiger partial charge in [-0.15, -0.1) is 0 Å². The number of benzene rings is 1. The van der Waals surface area contributed by atoms with E-state index in [-0.39, 0.29) is 28.3 Å². The van der Waals surface area contributed by atoms with E-state index in [0.717, 1.165) is 38.2 Å². The zero-order chi connectivity index (χ0) is 21.1. The maximum absolute atomic E-state index is 11.4. The quantitative estimate of drug-likeness (QED) is 0.453. The van der Waals surface area contributed by atoms with E-state index in [1.165, 1.54) is 18.1 Å². The first-order valence-corrected chi connectivity index (χ1v) is 9.90. The molecule has 30 heavy (non-hydrogen) atoms. The van der Waals surface area contributed by atoms with Crippen LogP contribution < -0.4 is 11.1 Å². The number of nitro groups is 1. The number of piperidine rings is 1. The molecule has 2 aromatic heterocycles. The molecule has 1 aliphatic heterocycles. The van der Waals surface area contributed by atoms with E-state index in [1.807, 2.05) is 12.1 Å². The second-order valence-corrected chi connectivity index (χ2v) is 7.58. The van der Waals surface area contributed by atoms with Gasteiger partial charge in [-0.1, -0.05) is 23.7 Å². The van der Waals surface area contributed by atoms with E-state index in [4.69, 9.17) is 17.3 Å². The Kier molecular flexibility index (Phi) is 5.77. The minimum absolute atomic E-state index is 0.0777. The second-order valence-electron chi connectivity index (χ2n) is 7.17. The monoisotopic (exact) mass is 428 g/mol. The molecule has 1 aliphatic rings. The summed E-state index contributed by atoms with van der Waals surface area (Å²) in [5.41, 5.74) is 7.84. The lowest BCUT2D eigenvalue weighted by Gasteiger charge is -2.33. The highest BCUT2D eigenvalue weighted by Gasteiger charge is 2.27. The predicted octanol–water partition coefficient (Wildman–Crippen LogP) is 2.88.